The maximum Gasteiger partial charge on any atom is 0.435 e. The topological polar surface area (TPSA) is 63.8 Å². The number of anilines is 1. The molecule has 1 aromatic heterocycles. The van der Waals surface area contributed by atoms with Gasteiger partial charge >= 0.3 is 6.18 Å². The Hall–Kier alpha value is -1.37. The summed E-state index contributed by atoms with van der Waals surface area (Å²) in [6.45, 7) is 1.36. The van der Waals surface area contributed by atoms with Crippen LogP contribution in [0.5, 0.6) is 0 Å². The van der Waals surface area contributed by atoms with Crippen molar-refractivity contribution >= 4 is 5.82 Å². The normalized spacial score (nSPS) is 11.6. The van der Waals surface area contributed by atoms with Crippen LogP contribution in [0.15, 0.2) is 12.1 Å². The number of nitrogens with zero attached hydrogens (tertiary/aromatic N) is 2. The monoisotopic (exact) mass is 262 g/mol. The van der Waals surface area contributed by atoms with Crippen LogP contribution in [0.1, 0.15) is 31.4 Å². The summed E-state index contributed by atoms with van der Waals surface area (Å²) in [6, 6.07) is 2.21. The fraction of sp³-hybridized carbons (Fsp3) is 0.636. The Balaban J connectivity index is 2.27. The summed E-state index contributed by atoms with van der Waals surface area (Å²) in [5.74, 6) is 0.363. The molecule has 4 nitrogen and oxygen atoms in total. The fourth-order valence-corrected chi connectivity index (χ4v) is 1.42. The third-order valence-corrected chi connectivity index (χ3v) is 2.39. The zero-order chi connectivity index (χ0) is 13.4. The highest BCUT2D eigenvalue weighted by Crippen LogP contribution is 2.26. The van der Waals surface area contributed by atoms with Crippen LogP contribution < -0.4 is 11.1 Å². The van der Waals surface area contributed by atoms with E-state index in [0.29, 0.717) is 18.9 Å². The van der Waals surface area contributed by atoms with E-state index in [9.17, 15) is 13.2 Å². The lowest BCUT2D eigenvalue weighted by Crippen LogP contribution is -2.11. The number of aromatic nitrogens is 2. The third-order valence-electron chi connectivity index (χ3n) is 2.39. The molecule has 0 spiro atoms. The van der Waals surface area contributed by atoms with E-state index in [-0.39, 0.29) is 0 Å². The number of unbranched alkanes of at least 4 members (excludes halogenated alkanes) is 3. The molecule has 0 saturated heterocycles. The Labute approximate surface area is 104 Å². The van der Waals surface area contributed by atoms with Gasteiger partial charge in [0.15, 0.2) is 5.69 Å². The number of alkyl halides is 3. The van der Waals surface area contributed by atoms with Gasteiger partial charge < -0.3 is 11.1 Å². The predicted molar refractivity (Wildman–Crippen MR) is 63.0 cm³/mol. The maximum atomic E-state index is 12.2. The highest BCUT2D eigenvalue weighted by Gasteiger charge is 2.32. The molecule has 0 saturated carbocycles. The molecule has 0 atom stereocenters. The highest BCUT2D eigenvalue weighted by atomic mass is 19.4. The standard InChI is InChI=1S/C11H17F3N4/c12-11(13,14)9-5-6-10(18-17-9)16-8-4-2-1-3-7-15/h5-6H,1-4,7-8,15H2,(H,16,18). The first kappa shape index (κ1) is 14.7. The van der Waals surface area contributed by atoms with Crippen molar-refractivity contribution in [2.75, 3.05) is 18.4 Å². The van der Waals surface area contributed by atoms with Crippen molar-refractivity contribution in [2.45, 2.75) is 31.9 Å². The van der Waals surface area contributed by atoms with Gasteiger partial charge in [0.2, 0.25) is 0 Å². The zero-order valence-corrected chi connectivity index (χ0v) is 10.0. The fourth-order valence-electron chi connectivity index (χ4n) is 1.42. The van der Waals surface area contributed by atoms with E-state index in [1.54, 1.807) is 0 Å². The SMILES string of the molecule is NCCCCCCNc1ccc(C(F)(F)F)nn1. The molecule has 1 rings (SSSR count). The van der Waals surface area contributed by atoms with Crippen LogP contribution in [-0.4, -0.2) is 23.3 Å². The molecule has 102 valence electrons. The van der Waals surface area contributed by atoms with Crippen LogP contribution in [-0.2, 0) is 6.18 Å². The number of halogens is 3. The quantitative estimate of drug-likeness (QED) is 0.741. The van der Waals surface area contributed by atoms with Crippen LogP contribution in [0.3, 0.4) is 0 Å². The second-order valence-electron chi connectivity index (χ2n) is 3.93. The van der Waals surface area contributed by atoms with E-state index < -0.39 is 11.9 Å². The lowest BCUT2D eigenvalue weighted by Gasteiger charge is -2.07. The predicted octanol–water partition coefficient (Wildman–Crippen LogP) is 2.43. The summed E-state index contributed by atoms with van der Waals surface area (Å²) in [5.41, 5.74) is 4.38. The average Bonchev–Trinajstić information content (AvgIpc) is 2.33. The molecule has 1 heterocycles. The second-order valence-corrected chi connectivity index (χ2v) is 3.93. The van der Waals surface area contributed by atoms with E-state index in [4.69, 9.17) is 5.73 Å². The van der Waals surface area contributed by atoms with E-state index in [1.165, 1.54) is 6.07 Å². The van der Waals surface area contributed by atoms with Gasteiger partial charge in [-0.3, -0.25) is 0 Å². The first-order chi connectivity index (χ1) is 8.54. The van der Waals surface area contributed by atoms with Gasteiger partial charge in [0.1, 0.15) is 5.82 Å². The molecule has 0 aliphatic rings. The molecule has 0 amide bonds. The molecule has 0 unspecified atom stereocenters. The summed E-state index contributed by atoms with van der Waals surface area (Å²) in [5, 5.41) is 9.53. The minimum atomic E-state index is -4.44. The first-order valence-electron chi connectivity index (χ1n) is 5.89. The summed E-state index contributed by atoms with van der Waals surface area (Å²) in [6.07, 6.45) is -0.397. The Morgan fingerprint density at radius 1 is 1.06 bits per heavy atom. The summed E-state index contributed by atoms with van der Waals surface area (Å²) in [4.78, 5) is 0. The molecule has 0 aliphatic heterocycles. The molecule has 0 bridgehead atoms. The van der Waals surface area contributed by atoms with Crippen molar-refractivity contribution in [2.24, 2.45) is 5.73 Å². The molecule has 18 heavy (non-hydrogen) atoms. The number of nitrogens with two attached hydrogens (primary N) is 1. The van der Waals surface area contributed by atoms with E-state index in [2.05, 4.69) is 15.5 Å². The Morgan fingerprint density at radius 3 is 2.33 bits per heavy atom. The smallest absolute Gasteiger partial charge is 0.369 e. The van der Waals surface area contributed by atoms with Gasteiger partial charge in [-0.05, 0) is 31.5 Å². The van der Waals surface area contributed by atoms with Crippen molar-refractivity contribution in [1.82, 2.24) is 10.2 Å². The van der Waals surface area contributed by atoms with Crippen molar-refractivity contribution in [1.29, 1.82) is 0 Å². The van der Waals surface area contributed by atoms with Crippen LogP contribution in [0.25, 0.3) is 0 Å². The highest BCUT2D eigenvalue weighted by molar-refractivity contribution is 5.33. The summed E-state index contributed by atoms with van der Waals surface area (Å²) >= 11 is 0. The van der Waals surface area contributed by atoms with E-state index in [1.807, 2.05) is 0 Å². The molecule has 3 N–H and O–H groups in total. The van der Waals surface area contributed by atoms with Gasteiger partial charge in [-0.1, -0.05) is 12.8 Å². The van der Waals surface area contributed by atoms with Gasteiger partial charge in [-0.25, -0.2) is 0 Å². The van der Waals surface area contributed by atoms with E-state index >= 15 is 0 Å². The Bertz CT molecular complexity index is 337. The molecule has 0 aliphatic carbocycles. The van der Waals surface area contributed by atoms with Gasteiger partial charge in [0.05, 0.1) is 0 Å². The van der Waals surface area contributed by atoms with Gasteiger partial charge in [-0.2, -0.15) is 13.2 Å². The lowest BCUT2D eigenvalue weighted by atomic mass is 10.2. The van der Waals surface area contributed by atoms with Crippen molar-refractivity contribution in [3.05, 3.63) is 17.8 Å². The van der Waals surface area contributed by atoms with Crippen molar-refractivity contribution in [3.8, 4) is 0 Å². The first-order valence-corrected chi connectivity index (χ1v) is 5.89. The number of rotatable bonds is 7. The van der Waals surface area contributed by atoms with Crippen LogP contribution >= 0.6 is 0 Å². The Kier molecular flexibility index (Phi) is 5.84. The molecular formula is C11H17F3N4. The van der Waals surface area contributed by atoms with E-state index in [0.717, 1.165) is 31.7 Å². The minimum Gasteiger partial charge on any atom is -0.369 e. The average molecular weight is 262 g/mol. The molecule has 0 fully saturated rings. The largest absolute Gasteiger partial charge is 0.435 e. The van der Waals surface area contributed by atoms with Crippen molar-refractivity contribution < 1.29 is 13.2 Å². The number of nitrogens with one attached hydrogen (secondary N) is 1. The molecule has 0 aromatic carbocycles. The number of hydrogen-bond donors (Lipinski definition) is 2. The molecule has 1 aromatic rings. The minimum absolute atomic E-state index is 0.363. The Morgan fingerprint density at radius 2 is 1.78 bits per heavy atom. The summed E-state index contributed by atoms with van der Waals surface area (Å²) < 4.78 is 36.6. The van der Waals surface area contributed by atoms with Gasteiger partial charge in [0, 0.05) is 6.54 Å². The molecule has 0 radical (unpaired) electrons. The molecular weight excluding hydrogens is 245 g/mol. The third kappa shape index (κ3) is 5.31. The van der Waals surface area contributed by atoms with Gasteiger partial charge in [-0.15, -0.1) is 10.2 Å². The van der Waals surface area contributed by atoms with Crippen LogP contribution in [0, 0.1) is 0 Å². The summed E-state index contributed by atoms with van der Waals surface area (Å²) in [7, 11) is 0. The number of hydrogen-bond acceptors (Lipinski definition) is 4. The second kappa shape index (κ2) is 7.15. The zero-order valence-electron chi connectivity index (χ0n) is 10.0. The van der Waals surface area contributed by atoms with Crippen LogP contribution in [0.2, 0.25) is 0 Å². The van der Waals surface area contributed by atoms with Gasteiger partial charge in [0.25, 0.3) is 0 Å². The molecule has 7 heteroatoms. The lowest BCUT2D eigenvalue weighted by molar-refractivity contribution is -0.141. The van der Waals surface area contributed by atoms with Crippen molar-refractivity contribution in [3.63, 3.8) is 0 Å². The van der Waals surface area contributed by atoms with Crippen LogP contribution in [0.4, 0.5) is 19.0 Å². The maximum absolute atomic E-state index is 12.2.